The summed E-state index contributed by atoms with van der Waals surface area (Å²) in [5.41, 5.74) is -1.08. The second kappa shape index (κ2) is 7.79. The van der Waals surface area contributed by atoms with Crippen molar-refractivity contribution in [3.63, 3.8) is 0 Å². The molecule has 0 unspecified atom stereocenters. The Kier molecular flexibility index (Phi) is 5.15. The summed E-state index contributed by atoms with van der Waals surface area (Å²) in [6, 6.07) is 1.38. The second-order valence-corrected chi connectivity index (χ2v) is 8.42. The van der Waals surface area contributed by atoms with Gasteiger partial charge in [0.25, 0.3) is 5.56 Å². The van der Waals surface area contributed by atoms with E-state index >= 15 is 0 Å². The molecule has 0 N–H and O–H groups in total. The minimum atomic E-state index is -4.72. The summed E-state index contributed by atoms with van der Waals surface area (Å²) in [6.07, 6.45) is -4.49. The normalized spacial score (nSPS) is 24.3. The third kappa shape index (κ3) is 3.85. The summed E-state index contributed by atoms with van der Waals surface area (Å²) in [5, 5.41) is 0. The van der Waals surface area contributed by atoms with Gasteiger partial charge in [-0.3, -0.25) is 14.2 Å². The zero-order valence-electron chi connectivity index (χ0n) is 17.2. The maximum absolute atomic E-state index is 14.1. The number of halogens is 5. The van der Waals surface area contributed by atoms with Crippen molar-refractivity contribution < 1.29 is 31.5 Å². The van der Waals surface area contributed by atoms with Crippen molar-refractivity contribution in [2.45, 2.75) is 43.8 Å². The molecule has 1 aromatic heterocycles. The predicted octanol–water partition coefficient (Wildman–Crippen LogP) is 2.52. The van der Waals surface area contributed by atoms with E-state index in [2.05, 4.69) is 4.98 Å². The Morgan fingerprint density at radius 1 is 1.21 bits per heavy atom. The smallest absolute Gasteiger partial charge is 0.374 e. The van der Waals surface area contributed by atoms with Gasteiger partial charge in [-0.05, 0) is 25.0 Å². The number of ether oxygens (including phenoxy) is 1. The molecule has 4 heterocycles. The molecular weight excluding hydrogens is 451 g/mol. The van der Waals surface area contributed by atoms with Crippen LogP contribution in [0.1, 0.15) is 23.2 Å². The zero-order valence-corrected chi connectivity index (χ0v) is 17.2. The molecule has 2 saturated heterocycles. The number of carbonyl (C=O) groups excluding carboxylic acids is 1. The number of nitrogens with zero attached hydrogens (tertiary/aromatic N) is 4. The van der Waals surface area contributed by atoms with E-state index in [4.69, 9.17) is 4.74 Å². The summed E-state index contributed by atoms with van der Waals surface area (Å²) >= 11 is 0. The number of aromatic nitrogens is 2. The van der Waals surface area contributed by atoms with Crippen molar-refractivity contribution in [3.05, 3.63) is 51.8 Å². The molecule has 0 spiro atoms. The van der Waals surface area contributed by atoms with E-state index in [1.165, 1.54) is 6.07 Å². The van der Waals surface area contributed by atoms with Gasteiger partial charge in [0.2, 0.25) is 5.95 Å². The fraction of sp³-hybridized carbons (Fsp3) is 0.476. The first kappa shape index (κ1) is 21.8. The molecule has 0 saturated carbocycles. The topological polar surface area (TPSA) is 67.7 Å². The van der Waals surface area contributed by atoms with Gasteiger partial charge < -0.3 is 14.5 Å². The van der Waals surface area contributed by atoms with Crippen LogP contribution in [-0.4, -0.2) is 59.4 Å². The van der Waals surface area contributed by atoms with E-state index < -0.39 is 53.7 Å². The fourth-order valence-electron chi connectivity index (χ4n) is 4.76. The molecule has 12 heteroatoms. The van der Waals surface area contributed by atoms with Gasteiger partial charge in [-0.2, -0.15) is 18.2 Å². The molecule has 7 nitrogen and oxygen atoms in total. The molecule has 3 aliphatic rings. The summed E-state index contributed by atoms with van der Waals surface area (Å²) in [6.45, 7) is -0.209. The lowest BCUT2D eigenvalue weighted by molar-refractivity contribution is -0.152. The van der Waals surface area contributed by atoms with Crippen molar-refractivity contribution in [3.8, 4) is 0 Å². The van der Waals surface area contributed by atoms with Crippen molar-refractivity contribution >= 4 is 17.5 Å². The average molecular weight is 470 g/mol. The summed E-state index contributed by atoms with van der Waals surface area (Å²) in [4.78, 5) is 32.4. The molecule has 0 radical (unpaired) electrons. The number of Topliss-reactive ketones (excluding diaryl/α,β-unsaturated/α-hetero) is 1. The van der Waals surface area contributed by atoms with Crippen molar-refractivity contribution in [1.29, 1.82) is 0 Å². The molecule has 33 heavy (non-hydrogen) atoms. The SMILES string of the molecule is O=C(CN1c2nc(N3C[C@@H]4C[C@H]3CO4)cc(=O)n2CC[C@H]1C(F)(F)F)c1ccc(F)cc1F. The van der Waals surface area contributed by atoms with Crippen molar-refractivity contribution in [1.82, 2.24) is 9.55 Å². The second-order valence-electron chi connectivity index (χ2n) is 8.42. The van der Waals surface area contributed by atoms with Gasteiger partial charge in [0.05, 0.1) is 30.9 Å². The third-order valence-electron chi connectivity index (χ3n) is 6.35. The molecular formula is C21H19F5N4O3. The predicted molar refractivity (Wildman–Crippen MR) is 106 cm³/mol. The Bertz CT molecular complexity index is 1170. The molecule has 0 aliphatic carbocycles. The van der Waals surface area contributed by atoms with Gasteiger partial charge in [-0.25, -0.2) is 8.78 Å². The van der Waals surface area contributed by atoms with E-state index in [9.17, 15) is 31.5 Å². The molecule has 3 aliphatic heterocycles. The highest BCUT2D eigenvalue weighted by atomic mass is 19.4. The van der Waals surface area contributed by atoms with E-state index in [0.717, 1.165) is 23.1 Å². The van der Waals surface area contributed by atoms with Crippen LogP contribution in [0.2, 0.25) is 0 Å². The van der Waals surface area contributed by atoms with Crippen LogP contribution < -0.4 is 15.4 Å². The molecule has 176 valence electrons. The highest BCUT2D eigenvalue weighted by Crippen LogP contribution is 2.36. The maximum Gasteiger partial charge on any atom is 0.408 e. The van der Waals surface area contributed by atoms with E-state index in [-0.39, 0.29) is 30.5 Å². The number of benzene rings is 1. The number of ketones is 1. The van der Waals surface area contributed by atoms with Gasteiger partial charge in [-0.1, -0.05) is 0 Å². The Labute approximate surface area is 184 Å². The summed E-state index contributed by atoms with van der Waals surface area (Å²) in [7, 11) is 0. The Morgan fingerprint density at radius 3 is 2.64 bits per heavy atom. The highest BCUT2D eigenvalue weighted by molar-refractivity contribution is 5.99. The number of alkyl halides is 3. The minimum Gasteiger partial charge on any atom is -0.374 e. The maximum atomic E-state index is 14.1. The molecule has 2 fully saturated rings. The number of anilines is 2. The quantitative estimate of drug-likeness (QED) is 0.506. The monoisotopic (exact) mass is 470 g/mol. The molecule has 1 aromatic carbocycles. The number of hydrogen-bond donors (Lipinski definition) is 0. The number of hydrogen-bond acceptors (Lipinski definition) is 6. The lowest BCUT2D eigenvalue weighted by atomic mass is 10.1. The molecule has 2 aromatic rings. The Balaban J connectivity index is 1.54. The van der Waals surface area contributed by atoms with E-state index in [1.54, 1.807) is 0 Å². The molecule has 5 rings (SSSR count). The van der Waals surface area contributed by atoms with Gasteiger partial charge in [0.1, 0.15) is 23.5 Å². The Hall–Kier alpha value is -3.02. The lowest BCUT2D eigenvalue weighted by Gasteiger charge is -2.39. The van der Waals surface area contributed by atoms with Crippen LogP contribution in [0.3, 0.4) is 0 Å². The van der Waals surface area contributed by atoms with Gasteiger partial charge in [0, 0.05) is 25.2 Å². The number of carbonyl (C=O) groups is 1. The van der Waals surface area contributed by atoms with Crippen LogP contribution in [-0.2, 0) is 11.3 Å². The van der Waals surface area contributed by atoms with Gasteiger partial charge in [-0.15, -0.1) is 0 Å². The zero-order chi connectivity index (χ0) is 23.5. The lowest BCUT2D eigenvalue weighted by Crippen LogP contribution is -2.54. The number of rotatable bonds is 4. The Morgan fingerprint density at radius 2 is 2.00 bits per heavy atom. The van der Waals surface area contributed by atoms with Crippen LogP contribution in [0.5, 0.6) is 0 Å². The standard InChI is InChI=1S/C21H19F5N4O3/c22-11-1-2-14(15(23)5-11)16(31)9-30-17(21(24,25)26)3-4-28-19(32)7-18(27-20(28)30)29-8-13-6-12(29)10-33-13/h1-2,5,7,12-13,17H,3-4,6,8-10H2/t12-,13-,17-/m0/s1. The fourth-order valence-corrected chi connectivity index (χ4v) is 4.76. The van der Waals surface area contributed by atoms with E-state index in [1.807, 2.05) is 4.90 Å². The van der Waals surface area contributed by atoms with E-state index in [0.29, 0.717) is 24.1 Å². The first-order valence-corrected chi connectivity index (χ1v) is 10.4. The average Bonchev–Trinajstić information content (AvgIpc) is 3.37. The van der Waals surface area contributed by atoms with Crippen LogP contribution in [0, 0.1) is 11.6 Å². The first-order chi connectivity index (χ1) is 15.6. The van der Waals surface area contributed by atoms with Crippen LogP contribution in [0.4, 0.5) is 33.7 Å². The van der Waals surface area contributed by atoms with Gasteiger partial charge >= 0.3 is 6.18 Å². The highest BCUT2D eigenvalue weighted by Gasteiger charge is 2.48. The largest absolute Gasteiger partial charge is 0.408 e. The third-order valence-corrected chi connectivity index (χ3v) is 6.35. The van der Waals surface area contributed by atoms with Crippen LogP contribution in [0.15, 0.2) is 29.1 Å². The van der Waals surface area contributed by atoms with Gasteiger partial charge in [0.15, 0.2) is 5.78 Å². The molecule has 3 atom stereocenters. The first-order valence-electron chi connectivity index (χ1n) is 10.4. The number of fused-ring (bicyclic) bond motifs is 3. The summed E-state index contributed by atoms with van der Waals surface area (Å²) in [5.74, 6) is -3.15. The minimum absolute atomic E-state index is 0.0300. The van der Waals surface area contributed by atoms with Crippen molar-refractivity contribution in [2.75, 3.05) is 29.5 Å². The van der Waals surface area contributed by atoms with Crippen molar-refractivity contribution in [2.24, 2.45) is 0 Å². The van der Waals surface area contributed by atoms with Crippen LogP contribution in [0.25, 0.3) is 0 Å². The summed E-state index contributed by atoms with van der Waals surface area (Å²) < 4.78 is 75.6. The molecule has 0 amide bonds. The number of morpholine rings is 1. The van der Waals surface area contributed by atoms with Crippen LogP contribution >= 0.6 is 0 Å². The molecule has 2 bridgehead atoms.